The van der Waals surface area contributed by atoms with E-state index in [1.54, 1.807) is 0 Å². The summed E-state index contributed by atoms with van der Waals surface area (Å²) in [5.74, 6) is 1.55. The Kier molecular flexibility index (Phi) is 6.38. The van der Waals surface area contributed by atoms with Gasteiger partial charge in [0.2, 0.25) is 0 Å². The van der Waals surface area contributed by atoms with E-state index in [4.69, 9.17) is 11.6 Å². The van der Waals surface area contributed by atoms with Crippen LogP contribution in [-0.2, 0) is 0 Å². The van der Waals surface area contributed by atoms with Gasteiger partial charge in [-0.1, -0.05) is 60.3 Å². The zero-order chi connectivity index (χ0) is 14.5. The van der Waals surface area contributed by atoms with Crippen molar-refractivity contribution in [2.45, 2.75) is 52.0 Å². The lowest BCUT2D eigenvalue weighted by atomic mass is 9.76. The van der Waals surface area contributed by atoms with Gasteiger partial charge in [-0.25, -0.2) is 0 Å². The summed E-state index contributed by atoms with van der Waals surface area (Å²) in [4.78, 5) is 0. The van der Waals surface area contributed by atoms with Gasteiger partial charge in [-0.05, 0) is 55.3 Å². The van der Waals surface area contributed by atoms with Crippen LogP contribution in [0.4, 0.5) is 0 Å². The first-order chi connectivity index (χ1) is 9.61. The van der Waals surface area contributed by atoms with Crippen LogP contribution in [-0.4, -0.2) is 6.54 Å². The first kappa shape index (κ1) is 16.3. The Bertz CT molecular complexity index is 435. The van der Waals surface area contributed by atoms with E-state index in [0.717, 1.165) is 28.4 Å². The van der Waals surface area contributed by atoms with Gasteiger partial charge in [0.1, 0.15) is 0 Å². The van der Waals surface area contributed by atoms with Crippen LogP contribution < -0.4 is 5.32 Å². The molecule has 0 saturated heterocycles. The SMILES string of the molecule is CCCNC(c1ccc(Br)cc1Cl)C1CCCC(C)C1. The Morgan fingerprint density at radius 1 is 1.40 bits per heavy atom. The van der Waals surface area contributed by atoms with Gasteiger partial charge >= 0.3 is 0 Å². The number of rotatable bonds is 5. The highest BCUT2D eigenvalue weighted by Gasteiger charge is 2.28. The molecule has 0 spiro atoms. The second kappa shape index (κ2) is 7.82. The molecule has 0 amide bonds. The largest absolute Gasteiger partial charge is 0.310 e. The normalized spacial score (nSPS) is 24.6. The van der Waals surface area contributed by atoms with Crippen LogP contribution in [0.1, 0.15) is 57.6 Å². The lowest BCUT2D eigenvalue weighted by Gasteiger charge is -2.34. The Morgan fingerprint density at radius 2 is 2.20 bits per heavy atom. The molecule has 0 aromatic heterocycles. The molecule has 1 fully saturated rings. The standard InChI is InChI=1S/C17H25BrClN/c1-3-9-20-17(13-6-4-5-12(2)10-13)15-8-7-14(18)11-16(15)19/h7-8,11-13,17,20H,3-6,9-10H2,1-2H3. The molecule has 1 N–H and O–H groups in total. The van der Waals surface area contributed by atoms with Crippen molar-refractivity contribution in [1.82, 2.24) is 5.32 Å². The highest BCUT2D eigenvalue weighted by molar-refractivity contribution is 9.10. The minimum Gasteiger partial charge on any atom is -0.310 e. The summed E-state index contributed by atoms with van der Waals surface area (Å²) in [5, 5.41) is 4.62. The van der Waals surface area contributed by atoms with E-state index in [2.05, 4.69) is 47.2 Å². The average molecular weight is 359 g/mol. The van der Waals surface area contributed by atoms with Gasteiger partial charge in [-0.15, -0.1) is 0 Å². The predicted molar refractivity (Wildman–Crippen MR) is 91.3 cm³/mol. The molecule has 1 aromatic carbocycles. The van der Waals surface area contributed by atoms with E-state index >= 15 is 0 Å². The van der Waals surface area contributed by atoms with Crippen LogP contribution in [0.25, 0.3) is 0 Å². The lowest BCUT2D eigenvalue weighted by molar-refractivity contribution is 0.224. The summed E-state index contributed by atoms with van der Waals surface area (Å²) in [6, 6.07) is 6.70. The highest BCUT2D eigenvalue weighted by atomic mass is 79.9. The summed E-state index contributed by atoms with van der Waals surface area (Å²) in [6.07, 6.45) is 6.52. The second-order valence-corrected chi connectivity index (χ2v) is 7.45. The highest BCUT2D eigenvalue weighted by Crippen LogP contribution is 2.39. The molecule has 1 nitrogen and oxygen atoms in total. The van der Waals surface area contributed by atoms with Crippen molar-refractivity contribution in [2.75, 3.05) is 6.54 Å². The third-order valence-corrected chi connectivity index (χ3v) is 5.18. The molecule has 20 heavy (non-hydrogen) atoms. The van der Waals surface area contributed by atoms with Gasteiger partial charge < -0.3 is 5.32 Å². The molecule has 0 aliphatic heterocycles. The van der Waals surface area contributed by atoms with Crippen molar-refractivity contribution in [3.05, 3.63) is 33.3 Å². The van der Waals surface area contributed by atoms with Gasteiger partial charge in [-0.2, -0.15) is 0 Å². The summed E-state index contributed by atoms with van der Waals surface area (Å²) < 4.78 is 1.05. The fraction of sp³-hybridized carbons (Fsp3) is 0.647. The second-order valence-electron chi connectivity index (χ2n) is 6.13. The molecule has 0 heterocycles. The molecular weight excluding hydrogens is 334 g/mol. The van der Waals surface area contributed by atoms with Crippen LogP contribution in [0.15, 0.2) is 22.7 Å². The van der Waals surface area contributed by atoms with Crippen molar-refractivity contribution in [3.63, 3.8) is 0 Å². The van der Waals surface area contributed by atoms with Crippen molar-refractivity contribution < 1.29 is 0 Å². The van der Waals surface area contributed by atoms with Gasteiger partial charge in [0.05, 0.1) is 0 Å². The summed E-state index contributed by atoms with van der Waals surface area (Å²) >= 11 is 9.99. The van der Waals surface area contributed by atoms with E-state index in [9.17, 15) is 0 Å². The fourth-order valence-corrected chi connectivity index (χ4v) is 4.16. The molecule has 2 rings (SSSR count). The molecule has 0 bridgehead atoms. The quantitative estimate of drug-likeness (QED) is 0.683. The molecule has 3 unspecified atom stereocenters. The molecule has 112 valence electrons. The van der Waals surface area contributed by atoms with Gasteiger partial charge in [0, 0.05) is 15.5 Å². The lowest BCUT2D eigenvalue weighted by Crippen LogP contribution is -2.32. The summed E-state index contributed by atoms with van der Waals surface area (Å²) in [6.45, 7) is 5.66. The zero-order valence-electron chi connectivity index (χ0n) is 12.5. The smallest absolute Gasteiger partial charge is 0.0465 e. The van der Waals surface area contributed by atoms with E-state index in [0.29, 0.717) is 12.0 Å². The first-order valence-electron chi connectivity index (χ1n) is 7.80. The number of nitrogens with one attached hydrogen (secondary N) is 1. The monoisotopic (exact) mass is 357 g/mol. The number of halogens is 2. The molecule has 1 aliphatic rings. The van der Waals surface area contributed by atoms with E-state index in [-0.39, 0.29) is 0 Å². The summed E-state index contributed by atoms with van der Waals surface area (Å²) in [7, 11) is 0. The number of hydrogen-bond donors (Lipinski definition) is 1. The summed E-state index contributed by atoms with van der Waals surface area (Å²) in [5.41, 5.74) is 1.27. The average Bonchev–Trinajstić information content (AvgIpc) is 2.41. The van der Waals surface area contributed by atoms with Crippen molar-refractivity contribution >= 4 is 27.5 Å². The topological polar surface area (TPSA) is 12.0 Å². The molecule has 0 radical (unpaired) electrons. The molecular formula is C17H25BrClN. The van der Waals surface area contributed by atoms with Gasteiger partial charge in [-0.3, -0.25) is 0 Å². The Labute approximate surface area is 136 Å². The Hall–Kier alpha value is -0.0500. The van der Waals surface area contributed by atoms with Gasteiger partial charge in [0.25, 0.3) is 0 Å². The zero-order valence-corrected chi connectivity index (χ0v) is 14.8. The molecule has 1 aliphatic carbocycles. The van der Waals surface area contributed by atoms with Crippen molar-refractivity contribution in [3.8, 4) is 0 Å². The first-order valence-corrected chi connectivity index (χ1v) is 8.97. The number of hydrogen-bond acceptors (Lipinski definition) is 1. The minimum absolute atomic E-state index is 0.401. The molecule has 3 atom stereocenters. The Morgan fingerprint density at radius 3 is 2.85 bits per heavy atom. The van der Waals surface area contributed by atoms with Crippen LogP contribution in [0.2, 0.25) is 5.02 Å². The maximum atomic E-state index is 6.49. The van der Waals surface area contributed by atoms with E-state index < -0.39 is 0 Å². The van der Waals surface area contributed by atoms with Crippen LogP contribution >= 0.6 is 27.5 Å². The fourth-order valence-electron chi connectivity index (χ4n) is 3.37. The molecule has 1 aromatic rings. The maximum Gasteiger partial charge on any atom is 0.0465 e. The number of benzene rings is 1. The van der Waals surface area contributed by atoms with Crippen molar-refractivity contribution in [2.24, 2.45) is 11.8 Å². The van der Waals surface area contributed by atoms with Crippen LogP contribution in [0.5, 0.6) is 0 Å². The maximum absolute atomic E-state index is 6.49. The van der Waals surface area contributed by atoms with Crippen LogP contribution in [0.3, 0.4) is 0 Å². The molecule has 1 saturated carbocycles. The van der Waals surface area contributed by atoms with Crippen molar-refractivity contribution in [1.29, 1.82) is 0 Å². The van der Waals surface area contributed by atoms with E-state index in [1.807, 2.05) is 6.07 Å². The predicted octanol–water partition coefficient (Wildman–Crippen LogP) is 5.97. The van der Waals surface area contributed by atoms with E-state index in [1.165, 1.54) is 31.2 Å². The molecule has 3 heteroatoms. The Balaban J connectivity index is 2.21. The van der Waals surface area contributed by atoms with Gasteiger partial charge in [0.15, 0.2) is 0 Å². The third-order valence-electron chi connectivity index (χ3n) is 4.36. The minimum atomic E-state index is 0.401. The third kappa shape index (κ3) is 4.22. The van der Waals surface area contributed by atoms with Crippen LogP contribution in [0, 0.1) is 11.8 Å².